The molecule has 27 heavy (non-hydrogen) atoms. The van der Waals surface area contributed by atoms with E-state index in [0.29, 0.717) is 12.1 Å². The predicted molar refractivity (Wildman–Crippen MR) is 83.0 cm³/mol. The van der Waals surface area contributed by atoms with Gasteiger partial charge in [0.1, 0.15) is 5.60 Å². The maximum absolute atomic E-state index is 12.8. The highest BCUT2D eigenvalue weighted by molar-refractivity contribution is 5.94. The van der Waals surface area contributed by atoms with Gasteiger partial charge in [0.05, 0.1) is 11.1 Å². The largest absolute Gasteiger partial charge is 0.444 e. The van der Waals surface area contributed by atoms with Crippen LogP contribution in [0.15, 0.2) is 18.2 Å². The molecule has 0 heterocycles. The summed E-state index contributed by atoms with van der Waals surface area (Å²) in [5.74, 6) is -1.14. The Morgan fingerprint density at radius 1 is 0.852 bits per heavy atom. The molecule has 0 aliphatic carbocycles. The smallest absolute Gasteiger partial charge is 0.416 e. The second-order valence-electron chi connectivity index (χ2n) is 6.48. The van der Waals surface area contributed by atoms with Gasteiger partial charge in [-0.05, 0) is 39.0 Å². The second kappa shape index (κ2) is 8.05. The van der Waals surface area contributed by atoms with E-state index in [1.54, 1.807) is 20.8 Å². The lowest BCUT2D eigenvalue weighted by atomic mass is 10.0. The zero-order valence-electron chi connectivity index (χ0n) is 14.6. The van der Waals surface area contributed by atoms with E-state index < -0.39 is 46.6 Å². The summed E-state index contributed by atoms with van der Waals surface area (Å²) < 4.78 is 81.5. The highest BCUT2D eigenvalue weighted by atomic mass is 19.4. The lowest BCUT2D eigenvalue weighted by Gasteiger charge is -2.19. The van der Waals surface area contributed by atoms with Gasteiger partial charge in [0, 0.05) is 18.7 Å². The number of alkyl carbamates (subject to hydrolysis) is 1. The highest BCUT2D eigenvalue weighted by Gasteiger charge is 2.37. The Bertz CT molecular complexity index is 661. The Morgan fingerprint density at radius 2 is 1.30 bits per heavy atom. The van der Waals surface area contributed by atoms with E-state index in [2.05, 4.69) is 10.6 Å². The number of hydrogen-bond donors (Lipinski definition) is 2. The molecule has 0 spiro atoms. The summed E-state index contributed by atoms with van der Waals surface area (Å²) in [4.78, 5) is 23.3. The maximum atomic E-state index is 12.8. The van der Waals surface area contributed by atoms with Gasteiger partial charge in [-0.3, -0.25) is 4.79 Å². The number of ether oxygens (including phenoxy) is 1. The topological polar surface area (TPSA) is 67.4 Å². The third-order valence-electron chi connectivity index (χ3n) is 2.93. The van der Waals surface area contributed by atoms with Crippen LogP contribution in [0.1, 0.15) is 42.3 Å². The number of nitrogens with one attached hydrogen (secondary N) is 2. The van der Waals surface area contributed by atoms with Crippen molar-refractivity contribution in [3.05, 3.63) is 34.9 Å². The fraction of sp³-hybridized carbons (Fsp3) is 0.500. The van der Waals surface area contributed by atoms with Crippen LogP contribution in [0.4, 0.5) is 31.1 Å². The lowest BCUT2D eigenvalue weighted by Crippen LogP contribution is -2.38. The third-order valence-corrected chi connectivity index (χ3v) is 2.93. The second-order valence-corrected chi connectivity index (χ2v) is 6.48. The molecule has 0 aromatic heterocycles. The van der Waals surface area contributed by atoms with Gasteiger partial charge in [-0.1, -0.05) is 0 Å². The molecule has 0 saturated heterocycles. The minimum absolute atomic E-state index is 0.0686. The summed E-state index contributed by atoms with van der Waals surface area (Å²) >= 11 is 0. The zero-order valence-corrected chi connectivity index (χ0v) is 14.6. The normalized spacial score (nSPS) is 12.5. The minimum Gasteiger partial charge on any atom is -0.444 e. The van der Waals surface area contributed by atoms with E-state index in [4.69, 9.17) is 4.74 Å². The Balaban J connectivity index is 2.78. The molecule has 0 aliphatic rings. The highest BCUT2D eigenvalue weighted by Crippen LogP contribution is 2.36. The number of benzene rings is 1. The number of alkyl halides is 6. The van der Waals surface area contributed by atoms with Gasteiger partial charge in [-0.25, -0.2) is 4.79 Å². The molecule has 2 amide bonds. The van der Waals surface area contributed by atoms with Crippen LogP contribution in [0.3, 0.4) is 0 Å². The molecular weight excluding hydrogens is 382 g/mol. The van der Waals surface area contributed by atoms with Gasteiger partial charge < -0.3 is 15.4 Å². The first-order chi connectivity index (χ1) is 12.1. The summed E-state index contributed by atoms with van der Waals surface area (Å²) in [7, 11) is 0. The zero-order chi connectivity index (χ0) is 21.0. The monoisotopic (exact) mass is 400 g/mol. The summed E-state index contributed by atoms with van der Waals surface area (Å²) in [5, 5.41) is 4.41. The van der Waals surface area contributed by atoms with Crippen LogP contribution in [0.2, 0.25) is 0 Å². The van der Waals surface area contributed by atoms with Gasteiger partial charge in [-0.15, -0.1) is 0 Å². The van der Waals surface area contributed by atoms with Gasteiger partial charge in [0.2, 0.25) is 0 Å². The van der Waals surface area contributed by atoms with Crippen molar-refractivity contribution in [2.75, 3.05) is 13.1 Å². The van der Waals surface area contributed by atoms with Crippen molar-refractivity contribution in [2.24, 2.45) is 0 Å². The summed E-state index contributed by atoms with van der Waals surface area (Å²) in [5.41, 5.74) is -4.72. The van der Waals surface area contributed by atoms with Crippen molar-refractivity contribution in [3.63, 3.8) is 0 Å². The summed E-state index contributed by atoms with van der Waals surface area (Å²) in [6, 6.07) is 0.582. The van der Waals surface area contributed by atoms with Crippen LogP contribution in [0, 0.1) is 0 Å². The number of carbonyl (C=O) groups is 2. The van der Waals surface area contributed by atoms with Crippen molar-refractivity contribution < 1.29 is 40.7 Å². The molecule has 2 N–H and O–H groups in total. The van der Waals surface area contributed by atoms with E-state index >= 15 is 0 Å². The molecule has 0 aliphatic heterocycles. The first-order valence-electron chi connectivity index (χ1n) is 7.64. The molecule has 1 aromatic rings. The van der Waals surface area contributed by atoms with Crippen LogP contribution in [0.5, 0.6) is 0 Å². The molecule has 5 nitrogen and oxygen atoms in total. The standard InChI is InChI=1S/C16H18F6N2O3/c1-14(2,3)27-13(26)24-5-4-23-12(25)9-6-10(15(17,18)19)8-11(7-9)16(20,21)22/h6-8H,4-5H2,1-3H3,(H,23,25)(H,24,26). The molecular formula is C16H18F6N2O3. The average molecular weight is 400 g/mol. The Hall–Kier alpha value is -2.46. The summed E-state index contributed by atoms with van der Waals surface area (Å²) in [6.45, 7) is 4.52. The maximum Gasteiger partial charge on any atom is 0.416 e. The third kappa shape index (κ3) is 7.75. The van der Waals surface area contributed by atoms with E-state index in [1.807, 2.05) is 0 Å². The first kappa shape index (κ1) is 22.6. The van der Waals surface area contributed by atoms with Gasteiger partial charge in [0.15, 0.2) is 0 Å². The molecule has 0 radical (unpaired) electrons. The molecule has 152 valence electrons. The van der Waals surface area contributed by atoms with Crippen molar-refractivity contribution >= 4 is 12.0 Å². The van der Waals surface area contributed by atoms with Crippen LogP contribution >= 0.6 is 0 Å². The first-order valence-corrected chi connectivity index (χ1v) is 7.64. The molecule has 0 saturated carbocycles. The van der Waals surface area contributed by atoms with Crippen molar-refractivity contribution in [1.29, 1.82) is 0 Å². The summed E-state index contributed by atoms with van der Waals surface area (Å²) in [6.07, 6.45) is -10.9. The number of halogens is 6. The van der Waals surface area contributed by atoms with Crippen LogP contribution < -0.4 is 10.6 Å². The molecule has 0 fully saturated rings. The van der Waals surface area contributed by atoms with Crippen LogP contribution in [-0.4, -0.2) is 30.7 Å². The number of amides is 2. The number of hydrogen-bond acceptors (Lipinski definition) is 3. The van der Waals surface area contributed by atoms with E-state index in [-0.39, 0.29) is 19.2 Å². The van der Waals surface area contributed by atoms with E-state index in [1.165, 1.54) is 0 Å². The Labute approximate surface area is 151 Å². The fourth-order valence-corrected chi connectivity index (χ4v) is 1.84. The van der Waals surface area contributed by atoms with Gasteiger partial charge >= 0.3 is 18.4 Å². The molecule has 1 aromatic carbocycles. The molecule has 1 rings (SSSR count). The molecule has 11 heteroatoms. The van der Waals surface area contributed by atoms with E-state index in [9.17, 15) is 35.9 Å². The average Bonchev–Trinajstić information content (AvgIpc) is 2.47. The Kier molecular flexibility index (Phi) is 6.73. The molecule has 0 bridgehead atoms. The fourth-order valence-electron chi connectivity index (χ4n) is 1.84. The van der Waals surface area contributed by atoms with Gasteiger partial charge in [-0.2, -0.15) is 26.3 Å². The van der Waals surface area contributed by atoms with Crippen molar-refractivity contribution in [2.45, 2.75) is 38.7 Å². The van der Waals surface area contributed by atoms with Gasteiger partial charge in [0.25, 0.3) is 5.91 Å². The predicted octanol–water partition coefficient (Wildman–Crippen LogP) is 3.98. The lowest BCUT2D eigenvalue weighted by molar-refractivity contribution is -0.143. The molecule has 0 unspecified atom stereocenters. The number of rotatable bonds is 4. The van der Waals surface area contributed by atoms with Crippen LogP contribution in [-0.2, 0) is 17.1 Å². The van der Waals surface area contributed by atoms with Crippen molar-refractivity contribution in [1.82, 2.24) is 10.6 Å². The van der Waals surface area contributed by atoms with E-state index in [0.717, 1.165) is 0 Å². The minimum atomic E-state index is -5.05. The van der Waals surface area contributed by atoms with Crippen molar-refractivity contribution in [3.8, 4) is 0 Å². The van der Waals surface area contributed by atoms with Crippen LogP contribution in [0.25, 0.3) is 0 Å². The number of carbonyl (C=O) groups excluding carboxylic acids is 2. The quantitative estimate of drug-likeness (QED) is 0.594. The Morgan fingerprint density at radius 3 is 1.70 bits per heavy atom. The molecule has 0 atom stereocenters. The SMILES string of the molecule is CC(C)(C)OC(=O)NCCNC(=O)c1cc(C(F)(F)F)cc(C(F)(F)F)c1.